The van der Waals surface area contributed by atoms with Gasteiger partial charge in [-0.3, -0.25) is 9.59 Å². The number of rotatable bonds is 5. The van der Waals surface area contributed by atoms with Gasteiger partial charge in [-0.15, -0.1) is 0 Å². The van der Waals surface area contributed by atoms with E-state index in [1.807, 2.05) is 61.2 Å². The van der Waals surface area contributed by atoms with E-state index < -0.39 is 0 Å². The van der Waals surface area contributed by atoms with Crippen molar-refractivity contribution in [1.29, 1.82) is 0 Å². The molecule has 0 saturated carbocycles. The fraction of sp³-hybridized carbons (Fsp3) is 0.391. The molecule has 0 atom stereocenters. The van der Waals surface area contributed by atoms with Crippen LogP contribution in [0.25, 0.3) is 0 Å². The zero-order valence-corrected chi connectivity index (χ0v) is 18.5. The molecule has 2 aromatic rings. The van der Waals surface area contributed by atoms with E-state index in [0.29, 0.717) is 17.1 Å². The van der Waals surface area contributed by atoms with Crippen molar-refractivity contribution < 1.29 is 9.59 Å². The van der Waals surface area contributed by atoms with Gasteiger partial charge in [-0.1, -0.05) is 17.7 Å². The summed E-state index contributed by atoms with van der Waals surface area (Å²) in [7, 11) is 0. The Morgan fingerprint density at radius 3 is 2.53 bits per heavy atom. The lowest BCUT2D eigenvalue weighted by atomic mass is 10.1. The van der Waals surface area contributed by atoms with Crippen molar-refractivity contribution >= 4 is 40.5 Å². The van der Waals surface area contributed by atoms with Gasteiger partial charge in [0.2, 0.25) is 5.91 Å². The first-order chi connectivity index (χ1) is 14.3. The number of nitrogens with one attached hydrogen (secondary N) is 2. The van der Waals surface area contributed by atoms with Gasteiger partial charge >= 0.3 is 0 Å². The van der Waals surface area contributed by atoms with Gasteiger partial charge in [0.1, 0.15) is 0 Å². The van der Waals surface area contributed by atoms with Crippen LogP contribution in [0.2, 0.25) is 5.02 Å². The SMILES string of the molecule is CC(=O)N1CCCN(c2ccc(C(=O)NC(C)C)cc2Nc2cccc(Cl)c2)CC1. The Labute approximate surface area is 183 Å². The smallest absolute Gasteiger partial charge is 0.251 e. The van der Waals surface area contributed by atoms with Gasteiger partial charge in [0.05, 0.1) is 11.4 Å². The summed E-state index contributed by atoms with van der Waals surface area (Å²) >= 11 is 6.15. The summed E-state index contributed by atoms with van der Waals surface area (Å²) in [5, 5.41) is 7.01. The van der Waals surface area contributed by atoms with Gasteiger partial charge in [-0.05, 0) is 56.7 Å². The predicted molar refractivity (Wildman–Crippen MR) is 123 cm³/mol. The average Bonchev–Trinajstić information content (AvgIpc) is 2.94. The highest BCUT2D eigenvalue weighted by atomic mass is 35.5. The van der Waals surface area contributed by atoms with Gasteiger partial charge < -0.3 is 20.4 Å². The van der Waals surface area contributed by atoms with Gasteiger partial charge in [0.15, 0.2) is 0 Å². The van der Waals surface area contributed by atoms with Gasteiger partial charge in [0, 0.05) is 55.4 Å². The van der Waals surface area contributed by atoms with E-state index in [0.717, 1.165) is 43.1 Å². The van der Waals surface area contributed by atoms with Crippen LogP contribution in [-0.4, -0.2) is 48.9 Å². The summed E-state index contributed by atoms with van der Waals surface area (Å²) in [5.41, 5.74) is 3.29. The molecule has 0 unspecified atom stereocenters. The zero-order valence-electron chi connectivity index (χ0n) is 17.7. The molecule has 1 saturated heterocycles. The number of amides is 2. The molecule has 2 N–H and O–H groups in total. The molecule has 160 valence electrons. The average molecular weight is 429 g/mol. The summed E-state index contributed by atoms with van der Waals surface area (Å²) in [5.74, 6) is -0.000791. The maximum Gasteiger partial charge on any atom is 0.251 e. The number of halogens is 1. The Bertz CT molecular complexity index is 916. The summed E-state index contributed by atoms with van der Waals surface area (Å²) < 4.78 is 0. The molecule has 6 nitrogen and oxygen atoms in total. The van der Waals surface area contributed by atoms with Crippen LogP contribution in [0, 0.1) is 0 Å². The fourth-order valence-corrected chi connectivity index (χ4v) is 3.78. The Hall–Kier alpha value is -2.73. The zero-order chi connectivity index (χ0) is 21.7. The molecule has 0 aromatic heterocycles. The molecule has 0 bridgehead atoms. The van der Waals surface area contributed by atoms with E-state index >= 15 is 0 Å². The van der Waals surface area contributed by atoms with Crippen LogP contribution < -0.4 is 15.5 Å². The van der Waals surface area contributed by atoms with Crippen LogP contribution in [0.3, 0.4) is 0 Å². The van der Waals surface area contributed by atoms with E-state index in [1.54, 1.807) is 6.92 Å². The normalized spacial score (nSPS) is 14.4. The fourth-order valence-electron chi connectivity index (χ4n) is 3.59. The first kappa shape index (κ1) is 22.0. The molecule has 1 fully saturated rings. The van der Waals surface area contributed by atoms with Crippen molar-refractivity contribution in [3.8, 4) is 0 Å². The van der Waals surface area contributed by atoms with E-state index in [2.05, 4.69) is 15.5 Å². The maximum atomic E-state index is 12.6. The largest absolute Gasteiger partial charge is 0.368 e. The summed E-state index contributed by atoms with van der Waals surface area (Å²) in [6.07, 6.45) is 0.895. The highest BCUT2D eigenvalue weighted by Gasteiger charge is 2.20. The molecule has 3 rings (SSSR count). The van der Waals surface area contributed by atoms with Crippen LogP contribution >= 0.6 is 11.6 Å². The first-order valence-electron chi connectivity index (χ1n) is 10.3. The molecule has 2 aromatic carbocycles. The van der Waals surface area contributed by atoms with Crippen LogP contribution in [0.15, 0.2) is 42.5 Å². The molecule has 30 heavy (non-hydrogen) atoms. The van der Waals surface area contributed by atoms with Crippen molar-refractivity contribution in [2.45, 2.75) is 33.2 Å². The molecule has 1 aliphatic rings. The van der Waals surface area contributed by atoms with E-state index in [-0.39, 0.29) is 17.9 Å². The van der Waals surface area contributed by atoms with Crippen LogP contribution in [0.4, 0.5) is 17.1 Å². The number of hydrogen-bond donors (Lipinski definition) is 2. The van der Waals surface area contributed by atoms with E-state index in [4.69, 9.17) is 11.6 Å². The Balaban J connectivity index is 1.92. The minimum Gasteiger partial charge on any atom is -0.368 e. The second-order valence-electron chi connectivity index (χ2n) is 7.84. The Kier molecular flexibility index (Phi) is 7.21. The van der Waals surface area contributed by atoms with Crippen LogP contribution in [0.5, 0.6) is 0 Å². The number of benzene rings is 2. The number of carbonyl (C=O) groups excluding carboxylic acids is 2. The Morgan fingerprint density at radius 1 is 1.03 bits per heavy atom. The van der Waals surface area contributed by atoms with Crippen molar-refractivity contribution in [1.82, 2.24) is 10.2 Å². The van der Waals surface area contributed by atoms with E-state index in [9.17, 15) is 9.59 Å². The third-order valence-corrected chi connectivity index (χ3v) is 5.30. The molecule has 7 heteroatoms. The third-order valence-electron chi connectivity index (χ3n) is 5.06. The first-order valence-corrected chi connectivity index (χ1v) is 10.7. The standard InChI is InChI=1S/C23H29ClN4O2/c1-16(2)25-23(30)18-8-9-22(28-11-5-10-27(12-13-28)17(3)29)21(14-18)26-20-7-4-6-19(24)15-20/h4,6-9,14-16,26H,5,10-13H2,1-3H3,(H,25,30). The second-order valence-corrected chi connectivity index (χ2v) is 8.28. The molecule has 1 heterocycles. The van der Waals surface area contributed by atoms with Crippen LogP contribution in [-0.2, 0) is 4.79 Å². The van der Waals surface area contributed by atoms with Gasteiger partial charge in [0.25, 0.3) is 5.91 Å². The third kappa shape index (κ3) is 5.66. The lowest BCUT2D eigenvalue weighted by Gasteiger charge is -2.27. The maximum absolute atomic E-state index is 12.6. The molecular weight excluding hydrogens is 400 g/mol. The summed E-state index contributed by atoms with van der Waals surface area (Å²) in [6, 6.07) is 13.3. The summed E-state index contributed by atoms with van der Waals surface area (Å²) in [4.78, 5) is 28.5. The highest BCUT2D eigenvalue weighted by Crippen LogP contribution is 2.32. The molecular formula is C23H29ClN4O2. The predicted octanol–water partition coefficient (Wildman–Crippen LogP) is 4.28. The molecule has 2 amide bonds. The quantitative estimate of drug-likeness (QED) is 0.746. The van der Waals surface area contributed by atoms with Gasteiger partial charge in [-0.25, -0.2) is 0 Å². The summed E-state index contributed by atoms with van der Waals surface area (Å²) in [6.45, 7) is 8.51. The van der Waals surface area contributed by atoms with Crippen LogP contribution in [0.1, 0.15) is 37.6 Å². The lowest BCUT2D eigenvalue weighted by Crippen LogP contribution is -2.34. The second kappa shape index (κ2) is 9.85. The van der Waals surface area contributed by atoms with Crippen molar-refractivity contribution in [2.24, 2.45) is 0 Å². The number of hydrogen-bond acceptors (Lipinski definition) is 4. The van der Waals surface area contributed by atoms with Crippen molar-refractivity contribution in [3.63, 3.8) is 0 Å². The highest BCUT2D eigenvalue weighted by molar-refractivity contribution is 6.30. The van der Waals surface area contributed by atoms with Crippen molar-refractivity contribution in [3.05, 3.63) is 53.1 Å². The topological polar surface area (TPSA) is 64.7 Å². The van der Waals surface area contributed by atoms with Gasteiger partial charge in [-0.2, -0.15) is 0 Å². The molecule has 0 spiro atoms. The minimum absolute atomic E-state index is 0.0599. The number of nitrogens with zero attached hydrogens (tertiary/aromatic N) is 2. The molecule has 0 aliphatic carbocycles. The number of anilines is 3. The minimum atomic E-state index is -0.107. The number of carbonyl (C=O) groups is 2. The Morgan fingerprint density at radius 2 is 1.83 bits per heavy atom. The van der Waals surface area contributed by atoms with E-state index in [1.165, 1.54) is 0 Å². The molecule has 1 aliphatic heterocycles. The monoisotopic (exact) mass is 428 g/mol. The lowest BCUT2D eigenvalue weighted by molar-refractivity contribution is -0.128. The van der Waals surface area contributed by atoms with Crippen molar-refractivity contribution in [2.75, 3.05) is 36.4 Å². The molecule has 0 radical (unpaired) electrons.